The number of aryl methyl sites for hydroxylation is 2. The zero-order chi connectivity index (χ0) is 25.9. The van der Waals surface area contributed by atoms with Gasteiger partial charge in [-0.15, -0.1) is 0 Å². The minimum Gasteiger partial charge on any atom is -0.365 e. The quantitative estimate of drug-likeness (QED) is 0.359. The third-order valence-electron chi connectivity index (χ3n) is 6.39. The van der Waals surface area contributed by atoms with Crippen LogP contribution in [0.3, 0.4) is 0 Å². The van der Waals surface area contributed by atoms with Crippen LogP contribution < -0.4 is 16.0 Å². The minimum absolute atomic E-state index is 0.0876. The molecule has 190 valence electrons. The second-order valence-electron chi connectivity index (χ2n) is 11.9. The van der Waals surface area contributed by atoms with Crippen LogP contribution in [0.4, 0.5) is 17.5 Å². The molecule has 36 heavy (non-hydrogen) atoms. The Hall–Kier alpha value is -3.41. The van der Waals surface area contributed by atoms with Crippen LogP contribution in [0.25, 0.3) is 0 Å². The standard InChI is InChI=1S/C30H39N5O/c1-20-11-14-23(15-12-20)32-28-33-25(18-26(34-28)35-30(5,6)19-29(2,3)4)27(36)31-24-16-13-21-9-7-8-10-22(21)17-24/h7-12,14-15,18,24H,13,16-17,19H2,1-6H3,(H,31,36)(H2,32,33,34,35). The van der Waals surface area contributed by atoms with Crippen molar-refractivity contribution in [1.29, 1.82) is 0 Å². The van der Waals surface area contributed by atoms with Gasteiger partial charge in [-0.3, -0.25) is 4.79 Å². The van der Waals surface area contributed by atoms with Gasteiger partial charge in [-0.25, -0.2) is 4.98 Å². The monoisotopic (exact) mass is 485 g/mol. The van der Waals surface area contributed by atoms with Crippen molar-refractivity contribution in [2.24, 2.45) is 5.41 Å². The summed E-state index contributed by atoms with van der Waals surface area (Å²) in [6.45, 7) is 13.0. The third-order valence-corrected chi connectivity index (χ3v) is 6.39. The summed E-state index contributed by atoms with van der Waals surface area (Å²) < 4.78 is 0. The molecule has 1 atom stereocenters. The largest absolute Gasteiger partial charge is 0.365 e. The zero-order valence-corrected chi connectivity index (χ0v) is 22.4. The highest BCUT2D eigenvalue weighted by Gasteiger charge is 2.27. The van der Waals surface area contributed by atoms with Crippen LogP contribution in [-0.2, 0) is 12.8 Å². The molecule has 3 N–H and O–H groups in total. The van der Waals surface area contributed by atoms with Gasteiger partial charge in [0.2, 0.25) is 5.95 Å². The Kier molecular flexibility index (Phi) is 7.34. The molecule has 0 saturated carbocycles. The van der Waals surface area contributed by atoms with Gasteiger partial charge in [0.15, 0.2) is 0 Å². The summed E-state index contributed by atoms with van der Waals surface area (Å²) in [6.07, 6.45) is 3.67. The highest BCUT2D eigenvalue weighted by Crippen LogP contribution is 2.30. The molecular weight excluding hydrogens is 446 g/mol. The number of amides is 1. The predicted molar refractivity (Wildman–Crippen MR) is 148 cm³/mol. The summed E-state index contributed by atoms with van der Waals surface area (Å²) >= 11 is 0. The molecule has 1 aromatic heterocycles. The molecule has 1 unspecified atom stereocenters. The number of carbonyl (C=O) groups excluding carboxylic acids is 1. The Morgan fingerprint density at radius 3 is 2.36 bits per heavy atom. The third kappa shape index (κ3) is 7.06. The van der Waals surface area contributed by atoms with E-state index in [1.807, 2.05) is 31.2 Å². The average Bonchev–Trinajstić information content (AvgIpc) is 2.78. The molecule has 1 heterocycles. The number of nitrogens with one attached hydrogen (secondary N) is 3. The molecule has 1 amide bonds. The molecule has 6 nitrogen and oxygen atoms in total. The van der Waals surface area contributed by atoms with Gasteiger partial charge in [0.1, 0.15) is 11.5 Å². The van der Waals surface area contributed by atoms with E-state index in [0.717, 1.165) is 31.4 Å². The molecule has 1 aliphatic carbocycles. The van der Waals surface area contributed by atoms with E-state index in [1.54, 1.807) is 6.07 Å². The summed E-state index contributed by atoms with van der Waals surface area (Å²) in [6, 6.07) is 18.4. The second kappa shape index (κ2) is 10.3. The summed E-state index contributed by atoms with van der Waals surface area (Å²) in [7, 11) is 0. The van der Waals surface area contributed by atoms with Crippen LogP contribution in [0.5, 0.6) is 0 Å². The van der Waals surface area contributed by atoms with Gasteiger partial charge in [-0.2, -0.15) is 4.98 Å². The lowest BCUT2D eigenvalue weighted by molar-refractivity contribution is 0.0928. The molecule has 3 aromatic rings. The molecule has 0 saturated heterocycles. The molecule has 1 aliphatic rings. The SMILES string of the molecule is Cc1ccc(Nc2nc(NC(C)(C)CC(C)(C)C)cc(C(=O)NC3CCc4ccccc4C3)n2)cc1. The van der Waals surface area contributed by atoms with Crippen LogP contribution in [0.15, 0.2) is 54.6 Å². The number of fused-ring (bicyclic) bond motifs is 1. The molecule has 0 radical (unpaired) electrons. The van der Waals surface area contributed by atoms with Crippen LogP contribution in [-0.4, -0.2) is 27.5 Å². The Morgan fingerprint density at radius 1 is 0.972 bits per heavy atom. The van der Waals surface area contributed by atoms with Crippen LogP contribution >= 0.6 is 0 Å². The van der Waals surface area contributed by atoms with E-state index in [9.17, 15) is 4.79 Å². The maximum absolute atomic E-state index is 13.4. The van der Waals surface area contributed by atoms with Crippen molar-refractivity contribution in [3.63, 3.8) is 0 Å². The molecule has 0 spiro atoms. The van der Waals surface area contributed by atoms with Crippen LogP contribution in [0, 0.1) is 12.3 Å². The first kappa shape index (κ1) is 25.7. The van der Waals surface area contributed by atoms with Crippen molar-refractivity contribution >= 4 is 23.4 Å². The van der Waals surface area contributed by atoms with Crippen molar-refractivity contribution in [1.82, 2.24) is 15.3 Å². The van der Waals surface area contributed by atoms with E-state index < -0.39 is 0 Å². The Labute approximate surface area is 215 Å². The average molecular weight is 486 g/mol. The van der Waals surface area contributed by atoms with Crippen LogP contribution in [0.2, 0.25) is 0 Å². The summed E-state index contributed by atoms with van der Waals surface area (Å²) in [5.74, 6) is 0.855. The van der Waals surface area contributed by atoms with Crippen molar-refractivity contribution in [3.8, 4) is 0 Å². The number of carbonyl (C=O) groups is 1. The number of hydrogen-bond acceptors (Lipinski definition) is 5. The summed E-state index contributed by atoms with van der Waals surface area (Å²) in [4.78, 5) is 22.7. The van der Waals surface area contributed by atoms with E-state index in [0.29, 0.717) is 17.5 Å². The normalized spacial score (nSPS) is 15.7. The maximum atomic E-state index is 13.4. The zero-order valence-electron chi connectivity index (χ0n) is 22.4. The fraction of sp³-hybridized carbons (Fsp3) is 0.433. The molecule has 0 aliphatic heterocycles. The van der Waals surface area contributed by atoms with E-state index in [-0.39, 0.29) is 22.9 Å². The molecule has 0 bridgehead atoms. The smallest absolute Gasteiger partial charge is 0.270 e. The molecule has 6 heteroatoms. The fourth-order valence-corrected chi connectivity index (χ4v) is 5.25. The topological polar surface area (TPSA) is 78.9 Å². The molecule has 2 aromatic carbocycles. The number of benzene rings is 2. The lowest BCUT2D eigenvalue weighted by atomic mass is 9.82. The van der Waals surface area contributed by atoms with Crippen molar-refractivity contribution in [2.75, 3.05) is 10.6 Å². The van der Waals surface area contributed by atoms with Crippen molar-refractivity contribution < 1.29 is 4.79 Å². The van der Waals surface area contributed by atoms with Gasteiger partial charge in [0.25, 0.3) is 5.91 Å². The molecular formula is C30H39N5O. The van der Waals surface area contributed by atoms with E-state index in [1.165, 1.54) is 16.7 Å². The number of nitrogens with zero attached hydrogens (tertiary/aromatic N) is 2. The lowest BCUT2D eigenvalue weighted by Gasteiger charge is -2.34. The molecule has 4 rings (SSSR count). The van der Waals surface area contributed by atoms with Gasteiger partial charge < -0.3 is 16.0 Å². The highest BCUT2D eigenvalue weighted by atomic mass is 16.1. The lowest BCUT2D eigenvalue weighted by Crippen LogP contribution is -2.39. The second-order valence-corrected chi connectivity index (χ2v) is 11.9. The number of anilines is 3. The number of hydrogen-bond donors (Lipinski definition) is 3. The van der Waals surface area contributed by atoms with Gasteiger partial charge in [0.05, 0.1) is 0 Å². The molecule has 0 fully saturated rings. The Balaban J connectivity index is 1.57. The van der Waals surface area contributed by atoms with Crippen molar-refractivity contribution in [2.45, 2.75) is 78.8 Å². The Bertz CT molecular complexity index is 1210. The maximum Gasteiger partial charge on any atom is 0.270 e. The summed E-state index contributed by atoms with van der Waals surface area (Å²) in [5.41, 5.74) is 5.02. The van der Waals surface area contributed by atoms with Gasteiger partial charge in [-0.05, 0) is 75.1 Å². The first-order valence-electron chi connectivity index (χ1n) is 12.8. The highest BCUT2D eigenvalue weighted by molar-refractivity contribution is 5.93. The van der Waals surface area contributed by atoms with Gasteiger partial charge in [0, 0.05) is 23.3 Å². The van der Waals surface area contributed by atoms with E-state index in [2.05, 4.69) is 79.8 Å². The van der Waals surface area contributed by atoms with E-state index in [4.69, 9.17) is 4.98 Å². The van der Waals surface area contributed by atoms with Gasteiger partial charge in [-0.1, -0.05) is 62.7 Å². The number of aromatic nitrogens is 2. The van der Waals surface area contributed by atoms with Crippen LogP contribution in [0.1, 0.15) is 74.6 Å². The first-order valence-corrected chi connectivity index (χ1v) is 12.8. The first-order chi connectivity index (χ1) is 17.0. The van der Waals surface area contributed by atoms with Crippen molar-refractivity contribution in [3.05, 3.63) is 77.0 Å². The van der Waals surface area contributed by atoms with Gasteiger partial charge >= 0.3 is 0 Å². The summed E-state index contributed by atoms with van der Waals surface area (Å²) in [5, 5.41) is 10.0. The van der Waals surface area contributed by atoms with E-state index >= 15 is 0 Å². The number of rotatable bonds is 7. The fourth-order valence-electron chi connectivity index (χ4n) is 5.25. The predicted octanol–water partition coefficient (Wildman–Crippen LogP) is 6.44. The minimum atomic E-state index is -0.214. The Morgan fingerprint density at radius 2 is 1.67 bits per heavy atom.